The summed E-state index contributed by atoms with van der Waals surface area (Å²) in [5.41, 5.74) is 4.13. The van der Waals surface area contributed by atoms with Gasteiger partial charge in [-0.3, -0.25) is 0 Å². The van der Waals surface area contributed by atoms with Crippen LogP contribution in [-0.2, 0) is 27.5 Å². The molecular weight excluding hydrogens is 380 g/mol. The molecule has 0 aromatic heterocycles. The molecule has 0 amide bonds. The van der Waals surface area contributed by atoms with Crippen LogP contribution in [0.1, 0.15) is 27.0 Å². The van der Waals surface area contributed by atoms with Gasteiger partial charge in [0.2, 0.25) is 0 Å². The Balaban J connectivity index is 0.00000144. The fourth-order valence-electron chi connectivity index (χ4n) is 1.68. The first kappa shape index (κ1) is 13.9. The molecule has 0 radical (unpaired) electrons. The molecule has 0 saturated heterocycles. The molecule has 2 aromatic rings. The van der Waals surface area contributed by atoms with Crippen LogP contribution in [0, 0.1) is 13.0 Å². The second-order valence-corrected chi connectivity index (χ2v) is 3.86. The van der Waals surface area contributed by atoms with Crippen LogP contribution >= 0.6 is 0 Å². The van der Waals surface area contributed by atoms with E-state index in [1.54, 1.807) is 6.07 Å². The Morgan fingerprint density at radius 3 is 2.47 bits per heavy atom. The third kappa shape index (κ3) is 3.64. The predicted molar refractivity (Wildman–Crippen MR) is 64.7 cm³/mol. The maximum atomic E-state index is 10.7. The van der Waals surface area contributed by atoms with Gasteiger partial charge in [-0.25, -0.2) is 0 Å². The van der Waals surface area contributed by atoms with Crippen LogP contribution in [0.15, 0.2) is 42.5 Å². The average Bonchev–Trinajstić information content (AvgIpc) is 2.33. The van der Waals surface area contributed by atoms with Crippen LogP contribution in [0.25, 0.3) is 0 Å². The summed E-state index contributed by atoms with van der Waals surface area (Å²) < 4.78 is 0. The van der Waals surface area contributed by atoms with E-state index >= 15 is 0 Å². The molecule has 86 valence electrons. The smallest absolute Gasteiger partial charge is 0.0655 e. The van der Waals surface area contributed by atoms with Gasteiger partial charge in [-0.2, -0.15) is 0 Å². The summed E-state index contributed by atoms with van der Waals surface area (Å²) >= 11 is 0. The summed E-state index contributed by atoms with van der Waals surface area (Å²) in [6.45, 7) is 2.04. The van der Waals surface area contributed by atoms with Gasteiger partial charge < -0.3 is 4.79 Å². The molecule has 17 heavy (non-hydrogen) atoms. The summed E-state index contributed by atoms with van der Waals surface area (Å²) in [6, 6.07) is 17.1. The molecule has 0 N–H and O–H groups in total. The molecule has 2 heteroatoms. The number of hydrogen-bond donors (Lipinski definition) is 0. The second-order valence-electron chi connectivity index (χ2n) is 3.86. The number of rotatable bonds is 3. The number of hydrogen-bond acceptors (Lipinski definition) is 1. The largest absolute Gasteiger partial charge is 0.355 e. The first-order chi connectivity index (χ1) is 7.79. The van der Waals surface area contributed by atoms with Crippen LogP contribution in [0.5, 0.6) is 0 Å². The van der Waals surface area contributed by atoms with Crippen LogP contribution in [-0.4, -0.2) is 6.29 Å². The van der Waals surface area contributed by atoms with Crippen molar-refractivity contribution in [2.24, 2.45) is 0 Å². The van der Waals surface area contributed by atoms with E-state index in [1.807, 2.05) is 31.2 Å². The van der Waals surface area contributed by atoms with E-state index in [0.717, 1.165) is 18.3 Å². The molecule has 0 heterocycles. The van der Waals surface area contributed by atoms with E-state index in [2.05, 4.69) is 18.2 Å². The second kappa shape index (κ2) is 6.51. The van der Waals surface area contributed by atoms with Gasteiger partial charge in [0.25, 0.3) is 0 Å². The SMILES string of the molecule is Cc1ccc(C=O)[c-]c1Cc1ccccc1.[W]. The first-order valence-electron chi connectivity index (χ1n) is 5.30. The van der Waals surface area contributed by atoms with Crippen molar-refractivity contribution in [1.29, 1.82) is 0 Å². The van der Waals surface area contributed by atoms with E-state index in [1.165, 1.54) is 11.1 Å². The van der Waals surface area contributed by atoms with Gasteiger partial charge in [-0.1, -0.05) is 37.3 Å². The molecule has 0 aliphatic rings. The number of aryl methyl sites for hydroxylation is 1. The number of aldehydes is 1. The van der Waals surface area contributed by atoms with Gasteiger partial charge in [0.15, 0.2) is 0 Å². The van der Waals surface area contributed by atoms with E-state index < -0.39 is 0 Å². The first-order valence-corrected chi connectivity index (χ1v) is 5.30. The van der Waals surface area contributed by atoms with E-state index in [0.29, 0.717) is 5.56 Å². The van der Waals surface area contributed by atoms with Crippen molar-refractivity contribution in [2.45, 2.75) is 13.3 Å². The maximum absolute atomic E-state index is 10.7. The monoisotopic (exact) mass is 393 g/mol. The third-order valence-corrected chi connectivity index (χ3v) is 2.63. The minimum atomic E-state index is 0. The number of benzene rings is 2. The molecule has 0 spiro atoms. The summed E-state index contributed by atoms with van der Waals surface area (Å²) in [5.74, 6) is 0. The van der Waals surface area contributed by atoms with Crippen molar-refractivity contribution < 1.29 is 25.9 Å². The fraction of sp³-hybridized carbons (Fsp3) is 0.133. The van der Waals surface area contributed by atoms with Crippen molar-refractivity contribution in [2.75, 3.05) is 0 Å². The molecule has 0 atom stereocenters. The number of carbonyl (C=O) groups is 1. The van der Waals surface area contributed by atoms with Crippen molar-refractivity contribution in [3.05, 3.63) is 70.8 Å². The van der Waals surface area contributed by atoms with Gasteiger partial charge >= 0.3 is 0 Å². The molecular formula is C15H13OW-. The Bertz CT molecular complexity index is 492. The van der Waals surface area contributed by atoms with Crippen molar-refractivity contribution in [1.82, 2.24) is 0 Å². The van der Waals surface area contributed by atoms with Gasteiger partial charge in [0.05, 0.1) is 6.29 Å². The van der Waals surface area contributed by atoms with Crippen LogP contribution in [0.2, 0.25) is 0 Å². The zero-order valence-electron chi connectivity index (χ0n) is 9.64. The Labute approximate surface area is 116 Å². The summed E-state index contributed by atoms with van der Waals surface area (Å²) in [7, 11) is 0. The Kier molecular flexibility index (Phi) is 5.31. The minimum Gasteiger partial charge on any atom is -0.355 e. The maximum Gasteiger partial charge on any atom is 0.0655 e. The molecule has 1 nitrogen and oxygen atoms in total. The van der Waals surface area contributed by atoms with Crippen molar-refractivity contribution >= 4 is 6.29 Å². The molecule has 0 aliphatic heterocycles. The quantitative estimate of drug-likeness (QED) is 0.579. The molecule has 2 rings (SSSR count). The zero-order chi connectivity index (χ0) is 11.4. The average molecular weight is 393 g/mol. The van der Waals surface area contributed by atoms with E-state index in [-0.39, 0.29) is 21.1 Å². The molecule has 0 fully saturated rings. The van der Waals surface area contributed by atoms with E-state index in [9.17, 15) is 4.79 Å². The van der Waals surface area contributed by atoms with Gasteiger partial charge in [0, 0.05) is 21.1 Å². The molecule has 0 aliphatic carbocycles. The Morgan fingerprint density at radius 2 is 1.82 bits per heavy atom. The molecule has 2 aromatic carbocycles. The third-order valence-electron chi connectivity index (χ3n) is 2.63. The standard InChI is InChI=1S/C15H13O.W/c1-12-7-8-14(11-16)10-15(12)9-13-5-3-2-4-6-13;/h2-8,11H,9H2,1H3;/q-1;. The molecule has 0 unspecified atom stereocenters. The summed E-state index contributed by atoms with van der Waals surface area (Å²) in [5, 5.41) is 0. The Morgan fingerprint density at radius 1 is 1.12 bits per heavy atom. The van der Waals surface area contributed by atoms with E-state index in [4.69, 9.17) is 0 Å². The molecule has 0 bridgehead atoms. The van der Waals surface area contributed by atoms with Crippen LogP contribution in [0.4, 0.5) is 0 Å². The van der Waals surface area contributed by atoms with Crippen molar-refractivity contribution in [3.8, 4) is 0 Å². The van der Waals surface area contributed by atoms with Crippen molar-refractivity contribution in [3.63, 3.8) is 0 Å². The minimum absolute atomic E-state index is 0. The van der Waals surface area contributed by atoms with Crippen LogP contribution in [0.3, 0.4) is 0 Å². The number of carbonyl (C=O) groups excluding carboxylic acids is 1. The molecule has 0 saturated carbocycles. The summed E-state index contributed by atoms with van der Waals surface area (Å²) in [6.07, 6.45) is 1.67. The topological polar surface area (TPSA) is 17.1 Å². The fourth-order valence-corrected chi connectivity index (χ4v) is 1.68. The van der Waals surface area contributed by atoms with Gasteiger partial charge in [0.1, 0.15) is 0 Å². The van der Waals surface area contributed by atoms with Crippen LogP contribution < -0.4 is 0 Å². The normalized spacial score (nSPS) is 9.47. The summed E-state index contributed by atoms with van der Waals surface area (Å²) in [4.78, 5) is 10.7. The predicted octanol–water partition coefficient (Wildman–Crippen LogP) is 3.20. The van der Waals surface area contributed by atoms with Gasteiger partial charge in [-0.05, 0) is 12.0 Å². The zero-order valence-corrected chi connectivity index (χ0v) is 12.6. The van der Waals surface area contributed by atoms with Gasteiger partial charge in [-0.15, -0.1) is 34.9 Å². The Hall–Kier alpha value is -1.20.